The summed E-state index contributed by atoms with van der Waals surface area (Å²) in [4.78, 5) is 14.5. The first-order valence-corrected chi connectivity index (χ1v) is 8.03. The van der Waals surface area contributed by atoms with Crippen LogP contribution in [0, 0.1) is 5.92 Å². The van der Waals surface area contributed by atoms with Crippen LogP contribution in [0.2, 0.25) is 0 Å². The van der Waals surface area contributed by atoms with E-state index in [1.165, 1.54) is 0 Å². The molecule has 3 saturated heterocycles. The number of ether oxygens (including phenoxy) is 2. The van der Waals surface area contributed by atoms with E-state index in [1.807, 2.05) is 4.90 Å². The zero-order valence-corrected chi connectivity index (χ0v) is 12.2. The van der Waals surface area contributed by atoms with Crippen molar-refractivity contribution in [3.8, 4) is 0 Å². The minimum Gasteiger partial charge on any atom is -0.376 e. The molecule has 0 aromatic rings. The molecule has 0 saturated carbocycles. The standard InChI is InChI=1S/C15H26N2O3/c18-15(7-12-8-16-9-12)17(10-13-3-1-5-19-13)11-14-4-2-6-20-14/h12-14,16H,1-11H2. The Kier molecular flexibility index (Phi) is 4.91. The highest BCUT2D eigenvalue weighted by Crippen LogP contribution is 2.19. The first-order valence-electron chi connectivity index (χ1n) is 8.03. The van der Waals surface area contributed by atoms with Crippen LogP contribution in [0.1, 0.15) is 32.1 Å². The van der Waals surface area contributed by atoms with E-state index in [-0.39, 0.29) is 18.1 Å². The minimum absolute atomic E-state index is 0.236. The summed E-state index contributed by atoms with van der Waals surface area (Å²) in [5, 5.41) is 3.23. The van der Waals surface area contributed by atoms with Gasteiger partial charge in [0.1, 0.15) is 0 Å². The van der Waals surface area contributed by atoms with E-state index in [9.17, 15) is 4.79 Å². The fourth-order valence-corrected chi connectivity index (χ4v) is 3.22. The topological polar surface area (TPSA) is 50.8 Å². The van der Waals surface area contributed by atoms with Crippen molar-refractivity contribution in [1.29, 1.82) is 0 Å². The molecular formula is C15H26N2O3. The van der Waals surface area contributed by atoms with E-state index in [0.29, 0.717) is 12.3 Å². The van der Waals surface area contributed by atoms with Crippen LogP contribution < -0.4 is 5.32 Å². The van der Waals surface area contributed by atoms with Gasteiger partial charge in [-0.2, -0.15) is 0 Å². The molecule has 0 bridgehead atoms. The molecule has 3 rings (SSSR count). The first-order chi connectivity index (χ1) is 9.81. The van der Waals surface area contributed by atoms with Gasteiger partial charge in [-0.05, 0) is 44.7 Å². The third-order valence-electron chi connectivity index (χ3n) is 4.58. The third kappa shape index (κ3) is 3.71. The van der Waals surface area contributed by atoms with Crippen molar-refractivity contribution < 1.29 is 14.3 Å². The van der Waals surface area contributed by atoms with Gasteiger partial charge in [-0.25, -0.2) is 0 Å². The van der Waals surface area contributed by atoms with E-state index in [0.717, 1.165) is 65.1 Å². The smallest absolute Gasteiger partial charge is 0.223 e. The van der Waals surface area contributed by atoms with Crippen LogP contribution in [0.15, 0.2) is 0 Å². The largest absolute Gasteiger partial charge is 0.376 e. The summed E-state index contributed by atoms with van der Waals surface area (Å²) < 4.78 is 11.4. The highest BCUT2D eigenvalue weighted by molar-refractivity contribution is 5.76. The maximum absolute atomic E-state index is 12.5. The Morgan fingerprint density at radius 1 is 1.05 bits per heavy atom. The summed E-state index contributed by atoms with van der Waals surface area (Å²) in [6.45, 7) is 5.16. The minimum atomic E-state index is 0.236. The summed E-state index contributed by atoms with van der Waals surface area (Å²) in [6.07, 6.45) is 5.56. The second-order valence-corrected chi connectivity index (χ2v) is 6.30. The lowest BCUT2D eigenvalue weighted by Crippen LogP contribution is -2.47. The van der Waals surface area contributed by atoms with Crippen molar-refractivity contribution in [2.24, 2.45) is 5.92 Å². The maximum Gasteiger partial charge on any atom is 0.223 e. The number of hydrogen-bond acceptors (Lipinski definition) is 4. The van der Waals surface area contributed by atoms with Gasteiger partial charge >= 0.3 is 0 Å². The fraction of sp³-hybridized carbons (Fsp3) is 0.933. The van der Waals surface area contributed by atoms with Gasteiger partial charge < -0.3 is 19.7 Å². The zero-order chi connectivity index (χ0) is 13.8. The van der Waals surface area contributed by atoms with Gasteiger partial charge in [0.15, 0.2) is 0 Å². The van der Waals surface area contributed by atoms with Crippen LogP contribution in [0.4, 0.5) is 0 Å². The second-order valence-electron chi connectivity index (χ2n) is 6.30. The molecular weight excluding hydrogens is 256 g/mol. The van der Waals surface area contributed by atoms with Gasteiger partial charge in [-0.3, -0.25) is 4.79 Å². The predicted octanol–water partition coefficient (Wildman–Crippen LogP) is 0.783. The van der Waals surface area contributed by atoms with E-state index in [4.69, 9.17) is 9.47 Å². The molecule has 3 fully saturated rings. The van der Waals surface area contributed by atoms with Gasteiger partial charge in [-0.15, -0.1) is 0 Å². The predicted molar refractivity (Wildman–Crippen MR) is 75.5 cm³/mol. The highest BCUT2D eigenvalue weighted by Gasteiger charge is 2.29. The molecule has 114 valence electrons. The maximum atomic E-state index is 12.5. The van der Waals surface area contributed by atoms with Crippen molar-refractivity contribution in [2.45, 2.75) is 44.3 Å². The summed E-state index contributed by atoms with van der Waals surface area (Å²) in [7, 11) is 0. The summed E-state index contributed by atoms with van der Waals surface area (Å²) in [5.74, 6) is 0.807. The molecule has 3 heterocycles. The van der Waals surface area contributed by atoms with Gasteiger partial charge in [0.05, 0.1) is 12.2 Å². The summed E-state index contributed by atoms with van der Waals surface area (Å²) in [6, 6.07) is 0. The van der Waals surface area contributed by atoms with Crippen LogP contribution in [-0.4, -0.2) is 62.4 Å². The van der Waals surface area contributed by atoms with Crippen LogP contribution in [0.5, 0.6) is 0 Å². The average Bonchev–Trinajstić information content (AvgIpc) is 3.06. The Morgan fingerprint density at radius 2 is 1.65 bits per heavy atom. The lowest BCUT2D eigenvalue weighted by Gasteiger charge is -2.32. The Balaban J connectivity index is 1.53. The molecule has 3 aliphatic rings. The molecule has 0 aromatic heterocycles. The molecule has 3 aliphatic heterocycles. The van der Waals surface area contributed by atoms with E-state index in [2.05, 4.69) is 5.32 Å². The molecule has 20 heavy (non-hydrogen) atoms. The molecule has 0 aliphatic carbocycles. The van der Waals surface area contributed by atoms with Crippen molar-refractivity contribution in [3.63, 3.8) is 0 Å². The van der Waals surface area contributed by atoms with E-state index >= 15 is 0 Å². The lowest BCUT2D eigenvalue weighted by atomic mass is 9.98. The number of nitrogens with one attached hydrogen (secondary N) is 1. The van der Waals surface area contributed by atoms with Gasteiger partial charge in [0, 0.05) is 32.7 Å². The number of amides is 1. The quantitative estimate of drug-likeness (QED) is 0.782. The normalized spacial score (nSPS) is 30.4. The monoisotopic (exact) mass is 282 g/mol. The Morgan fingerprint density at radius 3 is 2.05 bits per heavy atom. The molecule has 0 radical (unpaired) electrons. The fourth-order valence-electron chi connectivity index (χ4n) is 3.22. The summed E-state index contributed by atoms with van der Waals surface area (Å²) in [5.41, 5.74) is 0. The molecule has 0 spiro atoms. The van der Waals surface area contributed by atoms with Crippen LogP contribution >= 0.6 is 0 Å². The molecule has 5 nitrogen and oxygen atoms in total. The van der Waals surface area contributed by atoms with Crippen molar-refractivity contribution in [3.05, 3.63) is 0 Å². The van der Waals surface area contributed by atoms with Gasteiger partial charge in [0.25, 0.3) is 0 Å². The highest BCUT2D eigenvalue weighted by atomic mass is 16.5. The third-order valence-corrected chi connectivity index (χ3v) is 4.58. The number of carbonyl (C=O) groups is 1. The van der Waals surface area contributed by atoms with Crippen molar-refractivity contribution >= 4 is 5.91 Å². The molecule has 5 heteroatoms. The zero-order valence-electron chi connectivity index (χ0n) is 12.2. The lowest BCUT2D eigenvalue weighted by molar-refractivity contribution is -0.135. The summed E-state index contributed by atoms with van der Waals surface area (Å²) >= 11 is 0. The average molecular weight is 282 g/mol. The Bertz CT molecular complexity index is 303. The van der Waals surface area contributed by atoms with Crippen molar-refractivity contribution in [2.75, 3.05) is 39.4 Å². The number of nitrogens with zero attached hydrogens (tertiary/aromatic N) is 1. The first kappa shape index (κ1) is 14.3. The molecule has 0 aromatic carbocycles. The Hall–Kier alpha value is -0.650. The van der Waals surface area contributed by atoms with Crippen LogP contribution in [0.25, 0.3) is 0 Å². The number of hydrogen-bond donors (Lipinski definition) is 1. The number of rotatable bonds is 6. The Labute approximate surface area is 121 Å². The molecule has 1 N–H and O–H groups in total. The van der Waals surface area contributed by atoms with Gasteiger partial charge in [-0.1, -0.05) is 0 Å². The van der Waals surface area contributed by atoms with Crippen LogP contribution in [-0.2, 0) is 14.3 Å². The van der Waals surface area contributed by atoms with Crippen LogP contribution in [0.3, 0.4) is 0 Å². The van der Waals surface area contributed by atoms with E-state index < -0.39 is 0 Å². The van der Waals surface area contributed by atoms with Gasteiger partial charge in [0.2, 0.25) is 5.91 Å². The SMILES string of the molecule is O=C(CC1CNC1)N(CC1CCCO1)CC1CCCO1. The van der Waals surface area contributed by atoms with Crippen molar-refractivity contribution in [1.82, 2.24) is 10.2 Å². The van der Waals surface area contributed by atoms with E-state index in [1.54, 1.807) is 0 Å². The number of carbonyl (C=O) groups excluding carboxylic acids is 1. The molecule has 2 unspecified atom stereocenters. The second kappa shape index (κ2) is 6.87. The molecule has 1 amide bonds. The molecule has 2 atom stereocenters.